The highest BCUT2D eigenvalue weighted by molar-refractivity contribution is 7.71. The summed E-state index contributed by atoms with van der Waals surface area (Å²) >= 11 is 5.37. The third kappa shape index (κ3) is 5.03. The molecule has 0 saturated carbocycles. The number of hydrogen-bond acceptors (Lipinski definition) is 5. The first-order chi connectivity index (χ1) is 15.0. The van der Waals surface area contributed by atoms with E-state index < -0.39 is 0 Å². The van der Waals surface area contributed by atoms with Gasteiger partial charge in [0.15, 0.2) is 10.6 Å². The summed E-state index contributed by atoms with van der Waals surface area (Å²) in [6.07, 6.45) is 0. The van der Waals surface area contributed by atoms with Gasteiger partial charge in [0.2, 0.25) is 5.91 Å². The van der Waals surface area contributed by atoms with Crippen molar-refractivity contribution < 1.29 is 4.79 Å². The van der Waals surface area contributed by atoms with Crippen LogP contribution in [0.15, 0.2) is 48.5 Å². The monoisotopic (exact) mass is 436 g/mol. The van der Waals surface area contributed by atoms with Gasteiger partial charge in [0.1, 0.15) is 6.54 Å². The van der Waals surface area contributed by atoms with Gasteiger partial charge in [-0.3, -0.25) is 14.5 Å². The van der Waals surface area contributed by atoms with E-state index in [2.05, 4.69) is 50.6 Å². The van der Waals surface area contributed by atoms with E-state index >= 15 is 0 Å². The maximum Gasteiger partial charge on any atom is 0.240 e. The smallest absolute Gasteiger partial charge is 0.240 e. The number of amides is 1. The molecular formula is C23H28N6OS. The molecular weight excluding hydrogens is 408 g/mol. The summed E-state index contributed by atoms with van der Waals surface area (Å²) in [6.45, 7) is 6.69. The van der Waals surface area contributed by atoms with Crippen molar-refractivity contribution in [3.05, 3.63) is 64.4 Å². The number of para-hydroxylation sites is 1. The Bertz CT molecular complexity index is 1110. The van der Waals surface area contributed by atoms with Crippen molar-refractivity contribution in [2.75, 3.05) is 38.1 Å². The summed E-state index contributed by atoms with van der Waals surface area (Å²) in [5.74, 6) is 0.571. The standard InChI is InChI=1S/C23H28N6OS/c1-17-6-5-8-18(14-17)22-25-26-23(31)29(22)16-21(30)24-15-19-7-3-4-9-20(19)28-12-10-27(2)11-13-28/h3-9,14H,10-13,15-16H2,1-2H3,(H,24,30)(H,26,31). The molecule has 7 nitrogen and oxygen atoms in total. The number of aromatic nitrogens is 3. The molecule has 4 rings (SSSR count). The Morgan fingerprint density at radius 3 is 2.68 bits per heavy atom. The minimum atomic E-state index is -0.0976. The maximum absolute atomic E-state index is 12.8. The molecule has 1 fully saturated rings. The van der Waals surface area contributed by atoms with Gasteiger partial charge < -0.3 is 15.1 Å². The molecule has 8 heteroatoms. The van der Waals surface area contributed by atoms with E-state index in [1.165, 1.54) is 5.69 Å². The lowest BCUT2D eigenvalue weighted by Crippen LogP contribution is -2.45. The van der Waals surface area contributed by atoms with E-state index in [1.54, 1.807) is 4.57 Å². The van der Waals surface area contributed by atoms with Crippen LogP contribution in [-0.4, -0.2) is 58.8 Å². The molecule has 162 valence electrons. The summed E-state index contributed by atoms with van der Waals surface area (Å²) in [7, 11) is 2.15. The third-order valence-electron chi connectivity index (χ3n) is 5.65. The number of hydrogen-bond donors (Lipinski definition) is 2. The van der Waals surface area contributed by atoms with Crippen molar-refractivity contribution in [3.8, 4) is 11.4 Å². The number of likely N-dealkylation sites (N-methyl/N-ethyl adjacent to an activating group) is 1. The van der Waals surface area contributed by atoms with E-state index in [1.807, 2.05) is 37.3 Å². The molecule has 0 aliphatic carbocycles. The first kappa shape index (κ1) is 21.3. The average Bonchev–Trinajstić information content (AvgIpc) is 3.13. The number of aromatic amines is 1. The number of benzene rings is 2. The molecule has 1 aromatic heterocycles. The molecule has 1 aliphatic heterocycles. The van der Waals surface area contributed by atoms with E-state index in [0.29, 0.717) is 17.1 Å². The number of nitrogens with zero attached hydrogens (tertiary/aromatic N) is 4. The van der Waals surface area contributed by atoms with Gasteiger partial charge in [0.05, 0.1) is 0 Å². The number of anilines is 1. The van der Waals surface area contributed by atoms with Gasteiger partial charge in [-0.1, -0.05) is 42.0 Å². The molecule has 0 atom stereocenters. The fourth-order valence-electron chi connectivity index (χ4n) is 3.88. The van der Waals surface area contributed by atoms with Crippen LogP contribution in [0.3, 0.4) is 0 Å². The Kier molecular flexibility index (Phi) is 6.48. The molecule has 0 bridgehead atoms. The molecule has 1 saturated heterocycles. The van der Waals surface area contributed by atoms with Crippen molar-refractivity contribution in [2.24, 2.45) is 0 Å². The Morgan fingerprint density at radius 2 is 1.90 bits per heavy atom. The van der Waals surface area contributed by atoms with Crippen LogP contribution in [0.1, 0.15) is 11.1 Å². The van der Waals surface area contributed by atoms with Gasteiger partial charge in [-0.05, 0) is 43.9 Å². The van der Waals surface area contributed by atoms with Gasteiger partial charge in [-0.15, -0.1) is 0 Å². The summed E-state index contributed by atoms with van der Waals surface area (Å²) < 4.78 is 2.18. The molecule has 2 N–H and O–H groups in total. The number of rotatable bonds is 6. The average molecular weight is 437 g/mol. The molecule has 1 amide bonds. The van der Waals surface area contributed by atoms with E-state index in [9.17, 15) is 4.79 Å². The van der Waals surface area contributed by atoms with Crippen LogP contribution in [0, 0.1) is 11.7 Å². The molecule has 0 radical (unpaired) electrons. The zero-order valence-corrected chi connectivity index (χ0v) is 18.8. The van der Waals surface area contributed by atoms with Crippen molar-refractivity contribution in [1.29, 1.82) is 0 Å². The Labute approximate surface area is 187 Å². The maximum atomic E-state index is 12.8. The molecule has 31 heavy (non-hydrogen) atoms. The van der Waals surface area contributed by atoms with Crippen LogP contribution in [-0.2, 0) is 17.9 Å². The number of carbonyl (C=O) groups excluding carboxylic acids is 1. The van der Waals surface area contributed by atoms with Crippen LogP contribution in [0.5, 0.6) is 0 Å². The second kappa shape index (κ2) is 9.45. The first-order valence-corrected chi connectivity index (χ1v) is 10.9. The van der Waals surface area contributed by atoms with Gasteiger partial charge in [0.25, 0.3) is 0 Å². The summed E-state index contributed by atoms with van der Waals surface area (Å²) in [5.41, 5.74) is 4.37. The lowest BCUT2D eigenvalue weighted by atomic mass is 10.1. The summed E-state index contributed by atoms with van der Waals surface area (Å²) in [5, 5.41) is 10.2. The SMILES string of the molecule is Cc1cccc(-c2n[nH]c(=S)n2CC(=O)NCc2ccccc2N2CCN(C)CC2)c1. The number of carbonyl (C=O) groups is 1. The van der Waals surface area contributed by atoms with Crippen molar-refractivity contribution in [3.63, 3.8) is 0 Å². The highest BCUT2D eigenvalue weighted by atomic mass is 32.1. The minimum absolute atomic E-state index is 0.0976. The molecule has 2 aromatic carbocycles. The topological polar surface area (TPSA) is 69.2 Å². The normalized spacial score (nSPS) is 14.6. The van der Waals surface area contributed by atoms with Gasteiger partial charge >= 0.3 is 0 Å². The predicted molar refractivity (Wildman–Crippen MR) is 126 cm³/mol. The molecule has 0 unspecified atom stereocenters. The number of piperazine rings is 1. The molecule has 2 heterocycles. The molecule has 1 aliphatic rings. The fraction of sp³-hybridized carbons (Fsp3) is 0.348. The van der Waals surface area contributed by atoms with Crippen LogP contribution >= 0.6 is 12.2 Å². The van der Waals surface area contributed by atoms with Crippen LogP contribution in [0.2, 0.25) is 0 Å². The summed E-state index contributed by atoms with van der Waals surface area (Å²) in [6, 6.07) is 16.3. The first-order valence-electron chi connectivity index (χ1n) is 10.5. The Hall–Kier alpha value is -2.97. The third-order valence-corrected chi connectivity index (χ3v) is 5.96. The zero-order valence-electron chi connectivity index (χ0n) is 18.0. The lowest BCUT2D eigenvalue weighted by molar-refractivity contribution is -0.121. The lowest BCUT2D eigenvalue weighted by Gasteiger charge is -2.35. The number of H-pyrrole nitrogens is 1. The summed E-state index contributed by atoms with van der Waals surface area (Å²) in [4.78, 5) is 17.5. The van der Waals surface area contributed by atoms with Crippen LogP contribution in [0.4, 0.5) is 5.69 Å². The predicted octanol–water partition coefficient (Wildman–Crippen LogP) is 2.98. The Morgan fingerprint density at radius 1 is 1.13 bits per heavy atom. The van der Waals surface area contributed by atoms with Crippen molar-refractivity contribution in [2.45, 2.75) is 20.0 Å². The van der Waals surface area contributed by atoms with Crippen molar-refractivity contribution in [1.82, 2.24) is 25.0 Å². The van der Waals surface area contributed by atoms with E-state index in [4.69, 9.17) is 12.2 Å². The number of nitrogens with one attached hydrogen (secondary N) is 2. The highest BCUT2D eigenvalue weighted by Gasteiger charge is 2.17. The quantitative estimate of drug-likeness (QED) is 0.582. The second-order valence-electron chi connectivity index (χ2n) is 8.00. The second-order valence-corrected chi connectivity index (χ2v) is 8.39. The Balaban J connectivity index is 1.45. The molecule has 0 spiro atoms. The van der Waals surface area contributed by atoms with E-state index in [0.717, 1.165) is 42.9 Å². The fourth-order valence-corrected chi connectivity index (χ4v) is 4.08. The number of aryl methyl sites for hydroxylation is 1. The zero-order chi connectivity index (χ0) is 21.8. The minimum Gasteiger partial charge on any atom is -0.369 e. The van der Waals surface area contributed by atoms with Crippen LogP contribution in [0.25, 0.3) is 11.4 Å². The van der Waals surface area contributed by atoms with Gasteiger partial charge in [0, 0.05) is 44.0 Å². The van der Waals surface area contributed by atoms with Crippen molar-refractivity contribution >= 4 is 23.8 Å². The van der Waals surface area contributed by atoms with Gasteiger partial charge in [-0.2, -0.15) is 5.10 Å². The van der Waals surface area contributed by atoms with E-state index in [-0.39, 0.29) is 12.5 Å². The van der Waals surface area contributed by atoms with Crippen LogP contribution < -0.4 is 10.2 Å². The van der Waals surface area contributed by atoms with Gasteiger partial charge in [-0.25, -0.2) is 0 Å². The largest absolute Gasteiger partial charge is 0.369 e. The molecule has 3 aromatic rings. The highest BCUT2D eigenvalue weighted by Crippen LogP contribution is 2.22.